The van der Waals surface area contributed by atoms with Gasteiger partial charge in [-0.15, -0.1) is 0 Å². The van der Waals surface area contributed by atoms with Crippen molar-refractivity contribution in [3.63, 3.8) is 0 Å². The van der Waals surface area contributed by atoms with Crippen LogP contribution < -0.4 is 5.73 Å². The van der Waals surface area contributed by atoms with Gasteiger partial charge in [-0.25, -0.2) is 0 Å². The molecule has 0 saturated heterocycles. The van der Waals surface area contributed by atoms with Gasteiger partial charge in [0.25, 0.3) is 0 Å². The maximum atomic E-state index is 5.77. The molecule has 3 heteroatoms. The molecule has 0 saturated carbocycles. The Morgan fingerprint density at radius 1 is 0.957 bits per heavy atom. The second-order valence-corrected chi connectivity index (χ2v) is 6.21. The molecule has 0 spiro atoms. The topological polar surface area (TPSA) is 43.8 Å². The fourth-order valence-electron chi connectivity index (χ4n) is 2.97. The molecule has 0 aliphatic rings. The highest BCUT2D eigenvalue weighted by Crippen LogP contribution is 2.19. The van der Waals surface area contributed by atoms with Crippen molar-refractivity contribution < 1.29 is 0 Å². The number of benzene rings is 2. The first kappa shape index (κ1) is 15.3. The van der Waals surface area contributed by atoms with Crippen molar-refractivity contribution in [2.24, 2.45) is 0 Å². The second kappa shape index (κ2) is 6.29. The molecule has 0 atom stereocenters. The van der Waals surface area contributed by atoms with Gasteiger partial charge >= 0.3 is 0 Å². The van der Waals surface area contributed by atoms with Gasteiger partial charge in [0.05, 0.1) is 12.2 Å². The molecule has 0 aliphatic heterocycles. The molecule has 0 fully saturated rings. The SMILES string of the molecule is Cc1cccc(Cn2nc(C)c(Cc3ccc(N)cc3)c2C)c1. The van der Waals surface area contributed by atoms with Gasteiger partial charge < -0.3 is 5.73 Å². The quantitative estimate of drug-likeness (QED) is 0.740. The number of rotatable bonds is 4. The van der Waals surface area contributed by atoms with Crippen LogP contribution in [0.2, 0.25) is 0 Å². The Kier molecular flexibility index (Phi) is 4.20. The van der Waals surface area contributed by atoms with Gasteiger partial charge in [-0.2, -0.15) is 5.10 Å². The zero-order valence-corrected chi connectivity index (χ0v) is 14.0. The molecule has 1 heterocycles. The Morgan fingerprint density at radius 3 is 2.39 bits per heavy atom. The van der Waals surface area contributed by atoms with E-state index >= 15 is 0 Å². The first-order valence-corrected chi connectivity index (χ1v) is 7.96. The van der Waals surface area contributed by atoms with Crippen LogP contribution in [0.1, 0.15) is 33.6 Å². The van der Waals surface area contributed by atoms with Crippen LogP contribution in [-0.4, -0.2) is 9.78 Å². The number of anilines is 1. The van der Waals surface area contributed by atoms with Crippen LogP contribution in [0.15, 0.2) is 48.5 Å². The predicted octanol–water partition coefficient (Wildman–Crippen LogP) is 4.03. The Hall–Kier alpha value is -2.55. The standard InChI is InChI=1S/C20H23N3/c1-14-5-4-6-18(11-14)13-23-16(3)20(15(2)22-23)12-17-7-9-19(21)10-8-17/h4-11H,12-13,21H2,1-3H3. The zero-order valence-electron chi connectivity index (χ0n) is 14.0. The van der Waals surface area contributed by atoms with Gasteiger partial charge in [-0.05, 0) is 44.0 Å². The van der Waals surface area contributed by atoms with E-state index in [4.69, 9.17) is 10.8 Å². The van der Waals surface area contributed by atoms with Gasteiger partial charge in [0.2, 0.25) is 0 Å². The summed E-state index contributed by atoms with van der Waals surface area (Å²) in [6.07, 6.45) is 0.895. The Bertz CT molecular complexity index is 813. The van der Waals surface area contributed by atoms with E-state index in [1.807, 2.05) is 12.1 Å². The number of nitrogens with zero attached hydrogens (tertiary/aromatic N) is 2. The highest BCUT2D eigenvalue weighted by atomic mass is 15.3. The lowest BCUT2D eigenvalue weighted by atomic mass is 10.0. The number of aromatic nitrogens is 2. The average Bonchev–Trinajstić information content (AvgIpc) is 2.77. The Balaban J connectivity index is 1.85. The van der Waals surface area contributed by atoms with Gasteiger partial charge in [-0.3, -0.25) is 4.68 Å². The molecule has 0 aliphatic carbocycles. The van der Waals surface area contributed by atoms with E-state index in [1.54, 1.807) is 0 Å². The number of nitrogens with two attached hydrogens (primary N) is 1. The third kappa shape index (κ3) is 3.45. The van der Waals surface area contributed by atoms with Crippen molar-refractivity contribution in [3.05, 3.63) is 82.2 Å². The van der Waals surface area contributed by atoms with Crippen LogP contribution in [0.5, 0.6) is 0 Å². The molecular formula is C20H23N3. The van der Waals surface area contributed by atoms with E-state index in [-0.39, 0.29) is 0 Å². The van der Waals surface area contributed by atoms with Crippen molar-refractivity contribution >= 4 is 5.69 Å². The van der Waals surface area contributed by atoms with Crippen molar-refractivity contribution in [2.45, 2.75) is 33.7 Å². The van der Waals surface area contributed by atoms with E-state index in [0.717, 1.165) is 24.3 Å². The molecule has 3 nitrogen and oxygen atoms in total. The average molecular weight is 305 g/mol. The first-order chi connectivity index (χ1) is 11.0. The summed E-state index contributed by atoms with van der Waals surface area (Å²) in [5.74, 6) is 0. The van der Waals surface area contributed by atoms with Gasteiger partial charge in [-0.1, -0.05) is 42.0 Å². The van der Waals surface area contributed by atoms with E-state index < -0.39 is 0 Å². The summed E-state index contributed by atoms with van der Waals surface area (Å²) in [5.41, 5.74) is 14.1. The molecule has 0 amide bonds. The van der Waals surface area contributed by atoms with Gasteiger partial charge in [0.15, 0.2) is 0 Å². The van der Waals surface area contributed by atoms with E-state index in [1.165, 1.54) is 27.9 Å². The summed E-state index contributed by atoms with van der Waals surface area (Å²) < 4.78 is 2.11. The molecule has 3 aromatic rings. The van der Waals surface area contributed by atoms with Crippen LogP contribution in [0.4, 0.5) is 5.69 Å². The molecule has 23 heavy (non-hydrogen) atoms. The fraction of sp³-hybridized carbons (Fsp3) is 0.250. The normalized spacial score (nSPS) is 10.9. The van der Waals surface area contributed by atoms with Crippen molar-refractivity contribution in [1.29, 1.82) is 0 Å². The molecule has 0 radical (unpaired) electrons. The first-order valence-electron chi connectivity index (χ1n) is 7.96. The van der Waals surface area contributed by atoms with Crippen LogP contribution in [0.3, 0.4) is 0 Å². The lowest BCUT2D eigenvalue weighted by Gasteiger charge is -2.07. The number of hydrogen-bond acceptors (Lipinski definition) is 2. The van der Waals surface area contributed by atoms with Crippen LogP contribution >= 0.6 is 0 Å². The Labute approximate surface area is 137 Å². The molecule has 118 valence electrons. The number of nitrogen functional groups attached to an aromatic ring is 1. The molecule has 2 N–H and O–H groups in total. The summed E-state index contributed by atoms with van der Waals surface area (Å²) >= 11 is 0. The van der Waals surface area contributed by atoms with Crippen molar-refractivity contribution in [3.8, 4) is 0 Å². The monoisotopic (exact) mass is 305 g/mol. The minimum absolute atomic E-state index is 0.803. The van der Waals surface area contributed by atoms with Crippen LogP contribution in [-0.2, 0) is 13.0 Å². The summed E-state index contributed by atoms with van der Waals surface area (Å²) in [4.78, 5) is 0. The smallest absolute Gasteiger partial charge is 0.0662 e. The van der Waals surface area contributed by atoms with Gasteiger partial charge in [0, 0.05) is 23.4 Å². The predicted molar refractivity (Wildman–Crippen MR) is 95.6 cm³/mol. The van der Waals surface area contributed by atoms with E-state index in [9.17, 15) is 0 Å². The minimum Gasteiger partial charge on any atom is -0.399 e. The second-order valence-electron chi connectivity index (χ2n) is 6.21. The Morgan fingerprint density at radius 2 is 1.70 bits per heavy atom. The fourth-order valence-corrected chi connectivity index (χ4v) is 2.97. The lowest BCUT2D eigenvalue weighted by Crippen LogP contribution is -2.04. The third-order valence-electron chi connectivity index (χ3n) is 4.31. The van der Waals surface area contributed by atoms with Crippen LogP contribution in [0, 0.1) is 20.8 Å². The number of aryl methyl sites for hydroxylation is 2. The largest absolute Gasteiger partial charge is 0.399 e. The summed E-state index contributed by atoms with van der Waals surface area (Å²) in [6, 6.07) is 16.7. The van der Waals surface area contributed by atoms with E-state index in [0.29, 0.717) is 0 Å². The third-order valence-corrected chi connectivity index (χ3v) is 4.31. The molecule has 0 bridgehead atoms. The molecule has 3 rings (SSSR count). The molecule has 0 unspecified atom stereocenters. The molecule has 2 aromatic carbocycles. The van der Waals surface area contributed by atoms with Crippen molar-refractivity contribution in [1.82, 2.24) is 9.78 Å². The van der Waals surface area contributed by atoms with Crippen LogP contribution in [0.25, 0.3) is 0 Å². The van der Waals surface area contributed by atoms with Crippen molar-refractivity contribution in [2.75, 3.05) is 5.73 Å². The number of hydrogen-bond donors (Lipinski definition) is 1. The molecular weight excluding hydrogens is 282 g/mol. The highest BCUT2D eigenvalue weighted by Gasteiger charge is 2.12. The maximum Gasteiger partial charge on any atom is 0.0662 e. The lowest BCUT2D eigenvalue weighted by molar-refractivity contribution is 0.658. The minimum atomic E-state index is 0.803. The maximum absolute atomic E-state index is 5.77. The zero-order chi connectivity index (χ0) is 16.4. The summed E-state index contributed by atoms with van der Waals surface area (Å²) in [7, 11) is 0. The summed E-state index contributed by atoms with van der Waals surface area (Å²) in [5, 5.41) is 4.74. The summed E-state index contributed by atoms with van der Waals surface area (Å²) in [6.45, 7) is 7.18. The molecule has 1 aromatic heterocycles. The van der Waals surface area contributed by atoms with E-state index in [2.05, 4.69) is 61.9 Å². The van der Waals surface area contributed by atoms with Gasteiger partial charge in [0.1, 0.15) is 0 Å². The highest BCUT2D eigenvalue weighted by molar-refractivity contribution is 5.41.